The fraction of sp³-hybridized carbons (Fsp3) is 0.286. The van der Waals surface area contributed by atoms with Crippen LogP contribution >= 0.6 is 27.5 Å². The predicted molar refractivity (Wildman–Crippen MR) is 154 cm³/mol. The number of hydrogen-bond acceptors (Lipinski definition) is 4. The van der Waals surface area contributed by atoms with Crippen LogP contribution in [-0.2, 0) is 26.2 Å². The molecule has 1 unspecified atom stereocenters. The molecule has 38 heavy (non-hydrogen) atoms. The van der Waals surface area contributed by atoms with Crippen LogP contribution < -0.4 is 9.62 Å². The maximum Gasteiger partial charge on any atom is 0.264 e. The number of benzene rings is 3. The molecule has 0 fully saturated rings. The third-order valence-corrected chi connectivity index (χ3v) is 8.59. The highest BCUT2D eigenvalue weighted by molar-refractivity contribution is 9.10. The summed E-state index contributed by atoms with van der Waals surface area (Å²) < 4.78 is 29.3. The Hall–Kier alpha value is -2.88. The lowest BCUT2D eigenvalue weighted by molar-refractivity contribution is -0.140. The van der Waals surface area contributed by atoms with E-state index in [-0.39, 0.29) is 17.3 Å². The summed E-state index contributed by atoms with van der Waals surface area (Å²) in [6.45, 7) is 3.77. The van der Waals surface area contributed by atoms with Crippen molar-refractivity contribution in [2.45, 2.75) is 44.2 Å². The quantitative estimate of drug-likeness (QED) is 0.284. The number of nitrogens with zero attached hydrogens (tertiary/aromatic N) is 2. The minimum Gasteiger partial charge on any atom is -0.354 e. The third kappa shape index (κ3) is 7.36. The molecule has 0 aromatic heterocycles. The van der Waals surface area contributed by atoms with Crippen LogP contribution in [0.4, 0.5) is 5.69 Å². The van der Waals surface area contributed by atoms with E-state index in [1.807, 2.05) is 13.8 Å². The molecule has 0 saturated heterocycles. The van der Waals surface area contributed by atoms with Crippen molar-refractivity contribution in [1.29, 1.82) is 0 Å². The molecule has 0 aliphatic rings. The van der Waals surface area contributed by atoms with Crippen LogP contribution in [0.25, 0.3) is 0 Å². The van der Waals surface area contributed by atoms with Crippen molar-refractivity contribution in [2.24, 2.45) is 0 Å². The number of anilines is 1. The molecule has 0 saturated carbocycles. The van der Waals surface area contributed by atoms with Gasteiger partial charge in [0.05, 0.1) is 10.6 Å². The van der Waals surface area contributed by atoms with Gasteiger partial charge in [-0.05, 0) is 54.8 Å². The fourth-order valence-electron chi connectivity index (χ4n) is 3.98. The van der Waals surface area contributed by atoms with Crippen LogP contribution in [0.1, 0.15) is 32.3 Å². The van der Waals surface area contributed by atoms with E-state index in [0.29, 0.717) is 33.7 Å². The van der Waals surface area contributed by atoms with Gasteiger partial charge in [-0.15, -0.1) is 0 Å². The number of nitrogens with one attached hydrogen (secondary N) is 1. The molecule has 2 amide bonds. The van der Waals surface area contributed by atoms with Crippen LogP contribution in [0.3, 0.4) is 0 Å². The SMILES string of the molecule is CCCNC(=O)C(CC)N(Cc1ccccc1Cl)C(=O)CN(c1cccc(Br)c1)S(=O)(=O)c1ccccc1. The Morgan fingerprint density at radius 3 is 2.29 bits per heavy atom. The van der Waals surface area contributed by atoms with Gasteiger partial charge in [-0.2, -0.15) is 0 Å². The van der Waals surface area contributed by atoms with Crippen molar-refractivity contribution in [2.75, 3.05) is 17.4 Å². The summed E-state index contributed by atoms with van der Waals surface area (Å²) in [6, 6.07) is 21.0. The molecule has 0 radical (unpaired) electrons. The van der Waals surface area contributed by atoms with Crippen molar-refractivity contribution in [3.8, 4) is 0 Å². The smallest absolute Gasteiger partial charge is 0.264 e. The zero-order valence-electron chi connectivity index (χ0n) is 21.3. The lowest BCUT2D eigenvalue weighted by Crippen LogP contribution is -2.52. The molecule has 3 aromatic rings. The second-order valence-corrected chi connectivity index (χ2v) is 11.8. The highest BCUT2D eigenvalue weighted by atomic mass is 79.9. The lowest BCUT2D eigenvalue weighted by Gasteiger charge is -2.33. The van der Waals surface area contributed by atoms with Gasteiger partial charge in [0.1, 0.15) is 12.6 Å². The number of carbonyl (C=O) groups excluding carboxylic acids is 2. The van der Waals surface area contributed by atoms with Crippen molar-refractivity contribution < 1.29 is 18.0 Å². The maximum atomic E-state index is 14.0. The molecule has 7 nitrogen and oxygen atoms in total. The minimum atomic E-state index is -4.11. The first-order valence-corrected chi connectivity index (χ1v) is 14.9. The molecular weight excluding hydrogens is 590 g/mol. The molecule has 202 valence electrons. The number of rotatable bonds is 12. The van der Waals surface area contributed by atoms with Crippen molar-refractivity contribution in [1.82, 2.24) is 10.2 Å². The van der Waals surface area contributed by atoms with E-state index < -0.39 is 28.5 Å². The first-order chi connectivity index (χ1) is 18.2. The van der Waals surface area contributed by atoms with Gasteiger partial charge in [0.25, 0.3) is 10.0 Å². The van der Waals surface area contributed by atoms with Crippen LogP contribution in [0.2, 0.25) is 5.02 Å². The van der Waals surface area contributed by atoms with Crippen molar-refractivity contribution >= 4 is 55.1 Å². The summed E-state index contributed by atoms with van der Waals surface area (Å²) in [7, 11) is -4.11. The first kappa shape index (κ1) is 29.7. The number of halogens is 2. The fourth-order valence-corrected chi connectivity index (χ4v) is 5.99. The highest BCUT2D eigenvalue weighted by Gasteiger charge is 2.33. The van der Waals surface area contributed by atoms with Crippen LogP contribution in [0.15, 0.2) is 88.2 Å². The monoisotopic (exact) mass is 619 g/mol. The Balaban J connectivity index is 2.05. The molecule has 3 aromatic carbocycles. The van der Waals surface area contributed by atoms with Gasteiger partial charge < -0.3 is 10.2 Å². The Morgan fingerprint density at radius 2 is 1.66 bits per heavy atom. The number of sulfonamides is 1. The van der Waals surface area contributed by atoms with Crippen LogP contribution in [-0.4, -0.2) is 44.3 Å². The predicted octanol–water partition coefficient (Wildman–Crippen LogP) is 5.63. The summed E-state index contributed by atoms with van der Waals surface area (Å²) in [5.74, 6) is -0.822. The van der Waals surface area contributed by atoms with Gasteiger partial charge in [0.2, 0.25) is 11.8 Å². The second kappa shape index (κ2) is 13.8. The topological polar surface area (TPSA) is 86.8 Å². The van der Waals surface area contributed by atoms with E-state index in [9.17, 15) is 18.0 Å². The molecule has 0 aliphatic heterocycles. The average Bonchev–Trinajstić information content (AvgIpc) is 2.91. The summed E-state index contributed by atoms with van der Waals surface area (Å²) in [5, 5.41) is 3.32. The molecule has 0 bridgehead atoms. The number of hydrogen-bond donors (Lipinski definition) is 1. The van der Waals surface area contributed by atoms with Crippen molar-refractivity contribution in [3.63, 3.8) is 0 Å². The molecule has 0 spiro atoms. The minimum absolute atomic E-state index is 0.0499. The van der Waals surface area contributed by atoms with Gasteiger partial charge in [-0.25, -0.2) is 8.42 Å². The third-order valence-electron chi connectivity index (χ3n) is 5.94. The van der Waals surface area contributed by atoms with E-state index in [1.165, 1.54) is 17.0 Å². The molecular formula is C28H31BrClN3O4S. The summed E-state index contributed by atoms with van der Waals surface area (Å²) in [5.41, 5.74) is 0.974. The van der Waals surface area contributed by atoms with Crippen molar-refractivity contribution in [3.05, 3.63) is 93.9 Å². The van der Waals surface area contributed by atoms with E-state index in [4.69, 9.17) is 11.6 Å². The Kier molecular flexibility index (Phi) is 10.8. The standard InChI is InChI=1S/C28H31BrClN3O4S/c1-3-17-31-28(35)26(4-2)32(19-21-11-8-9-16-25(21)30)27(34)20-33(23-13-10-12-22(29)18-23)38(36,37)24-14-6-5-7-15-24/h5-16,18,26H,3-4,17,19-20H2,1-2H3,(H,31,35). The van der Waals surface area contributed by atoms with Gasteiger partial charge >= 0.3 is 0 Å². The summed E-state index contributed by atoms with van der Waals surface area (Å²) in [6.07, 6.45) is 1.08. The largest absolute Gasteiger partial charge is 0.354 e. The number of carbonyl (C=O) groups is 2. The zero-order valence-corrected chi connectivity index (χ0v) is 24.5. The van der Waals surface area contributed by atoms with Gasteiger partial charge in [0, 0.05) is 22.6 Å². The Labute approximate surface area is 238 Å². The first-order valence-electron chi connectivity index (χ1n) is 12.3. The van der Waals surface area contributed by atoms with Gasteiger partial charge in [0.15, 0.2) is 0 Å². The molecule has 0 aliphatic carbocycles. The van der Waals surface area contributed by atoms with E-state index in [0.717, 1.165) is 10.7 Å². The molecule has 3 rings (SSSR count). The van der Waals surface area contributed by atoms with Gasteiger partial charge in [-0.1, -0.05) is 83.8 Å². The lowest BCUT2D eigenvalue weighted by atomic mass is 10.1. The zero-order chi connectivity index (χ0) is 27.7. The molecule has 10 heteroatoms. The summed E-state index contributed by atoms with van der Waals surface area (Å²) in [4.78, 5) is 28.5. The number of amides is 2. The average molecular weight is 621 g/mol. The van der Waals surface area contributed by atoms with Gasteiger partial charge in [-0.3, -0.25) is 13.9 Å². The highest BCUT2D eigenvalue weighted by Crippen LogP contribution is 2.27. The Bertz CT molecular complexity index is 1350. The second-order valence-electron chi connectivity index (χ2n) is 8.63. The van der Waals surface area contributed by atoms with E-state index in [1.54, 1.807) is 66.7 Å². The molecule has 0 heterocycles. The molecule has 1 N–H and O–H groups in total. The molecule has 1 atom stereocenters. The maximum absolute atomic E-state index is 14.0. The van der Waals surface area contributed by atoms with E-state index >= 15 is 0 Å². The van der Waals surface area contributed by atoms with E-state index in [2.05, 4.69) is 21.2 Å². The van der Waals surface area contributed by atoms with Crippen LogP contribution in [0, 0.1) is 0 Å². The summed E-state index contributed by atoms with van der Waals surface area (Å²) >= 11 is 9.80. The van der Waals surface area contributed by atoms with Crippen LogP contribution in [0.5, 0.6) is 0 Å². The normalized spacial score (nSPS) is 12.0. The Morgan fingerprint density at radius 1 is 0.974 bits per heavy atom.